The summed E-state index contributed by atoms with van der Waals surface area (Å²) in [5, 5.41) is 0. The third-order valence-electron chi connectivity index (χ3n) is 2.29. The van der Waals surface area contributed by atoms with E-state index in [1.807, 2.05) is 0 Å². The van der Waals surface area contributed by atoms with E-state index in [-0.39, 0.29) is 5.97 Å². The van der Waals surface area contributed by atoms with E-state index in [1.165, 1.54) is 0 Å². The van der Waals surface area contributed by atoms with Crippen LogP contribution in [0.2, 0.25) is 0 Å². The van der Waals surface area contributed by atoms with Gasteiger partial charge in [-0.05, 0) is 12.8 Å². The van der Waals surface area contributed by atoms with E-state index < -0.39 is 6.04 Å². The highest BCUT2D eigenvalue weighted by Gasteiger charge is 2.13. The summed E-state index contributed by atoms with van der Waals surface area (Å²) < 4.78 is 10.3. The number of carbonyl (C=O) groups excluding carboxylic acids is 1. The van der Waals surface area contributed by atoms with E-state index in [4.69, 9.17) is 15.2 Å². The maximum atomic E-state index is 11.3. The zero-order valence-corrected chi connectivity index (χ0v) is 10.5. The quantitative estimate of drug-likeness (QED) is 0.460. The Morgan fingerprint density at radius 1 is 1.12 bits per heavy atom. The van der Waals surface area contributed by atoms with Crippen molar-refractivity contribution in [3.8, 4) is 0 Å². The van der Waals surface area contributed by atoms with Gasteiger partial charge in [0.15, 0.2) is 0 Å². The van der Waals surface area contributed by atoms with Crippen LogP contribution in [0.3, 0.4) is 0 Å². The van der Waals surface area contributed by atoms with E-state index in [9.17, 15) is 4.79 Å². The highest BCUT2D eigenvalue weighted by molar-refractivity contribution is 5.75. The molecule has 0 heterocycles. The van der Waals surface area contributed by atoms with Gasteiger partial charge in [-0.1, -0.05) is 33.1 Å². The Morgan fingerprint density at radius 3 is 2.44 bits per heavy atom. The predicted molar refractivity (Wildman–Crippen MR) is 64.2 cm³/mol. The molecule has 0 aliphatic rings. The first-order chi connectivity index (χ1) is 7.72. The molecule has 0 rings (SSSR count). The van der Waals surface area contributed by atoms with Crippen LogP contribution in [0, 0.1) is 0 Å². The Hall–Kier alpha value is -0.610. The summed E-state index contributed by atoms with van der Waals surface area (Å²) in [6.07, 6.45) is 4.86. The van der Waals surface area contributed by atoms with Crippen LogP contribution in [0.15, 0.2) is 0 Å². The molecule has 0 aliphatic carbocycles. The number of nitrogens with two attached hydrogens (primary N) is 1. The average Bonchev–Trinajstić information content (AvgIpc) is 2.30. The normalized spacial score (nSPS) is 12.4. The smallest absolute Gasteiger partial charge is 0.322 e. The standard InChI is InChI=1S/C12H25NO3/c1-3-5-7-11(13)12(14)16-10-9-15-8-6-4-2/h11H,3-10,13H2,1-2H3/t11-/m0/s1. The van der Waals surface area contributed by atoms with Crippen molar-refractivity contribution in [3.63, 3.8) is 0 Å². The SMILES string of the molecule is CCCCOCCOC(=O)[C@@H](N)CCCC. The van der Waals surface area contributed by atoms with Crippen LogP contribution in [-0.2, 0) is 14.3 Å². The minimum atomic E-state index is -0.476. The van der Waals surface area contributed by atoms with Gasteiger partial charge >= 0.3 is 5.97 Å². The lowest BCUT2D eigenvalue weighted by Crippen LogP contribution is -2.32. The zero-order chi connectivity index (χ0) is 12.2. The molecule has 1 atom stereocenters. The van der Waals surface area contributed by atoms with Gasteiger partial charge in [0.05, 0.1) is 6.61 Å². The van der Waals surface area contributed by atoms with Gasteiger partial charge in [-0.25, -0.2) is 0 Å². The lowest BCUT2D eigenvalue weighted by molar-refractivity contribution is -0.147. The second kappa shape index (κ2) is 10.9. The van der Waals surface area contributed by atoms with E-state index >= 15 is 0 Å². The fraction of sp³-hybridized carbons (Fsp3) is 0.917. The van der Waals surface area contributed by atoms with Crippen molar-refractivity contribution in [3.05, 3.63) is 0 Å². The van der Waals surface area contributed by atoms with Gasteiger partial charge in [0.25, 0.3) is 0 Å². The fourth-order valence-corrected chi connectivity index (χ4v) is 1.20. The van der Waals surface area contributed by atoms with Gasteiger partial charge in [-0.3, -0.25) is 4.79 Å². The minimum Gasteiger partial charge on any atom is -0.462 e. The highest BCUT2D eigenvalue weighted by atomic mass is 16.6. The number of ether oxygens (including phenoxy) is 2. The number of unbranched alkanes of at least 4 members (excludes halogenated alkanes) is 2. The third kappa shape index (κ3) is 8.68. The first-order valence-electron chi connectivity index (χ1n) is 6.22. The molecule has 0 aliphatic heterocycles. The highest BCUT2D eigenvalue weighted by Crippen LogP contribution is 2.00. The van der Waals surface area contributed by atoms with Crippen molar-refractivity contribution in [2.45, 2.75) is 52.0 Å². The van der Waals surface area contributed by atoms with Crippen LogP contribution in [0.5, 0.6) is 0 Å². The Morgan fingerprint density at radius 2 is 1.81 bits per heavy atom. The Balaban J connectivity index is 3.35. The average molecular weight is 231 g/mol. The number of carbonyl (C=O) groups is 1. The molecule has 2 N–H and O–H groups in total. The Kier molecular flexibility index (Phi) is 10.5. The first kappa shape index (κ1) is 15.4. The summed E-state index contributed by atoms with van der Waals surface area (Å²) in [6, 6.07) is -0.476. The van der Waals surface area contributed by atoms with Crippen LogP contribution in [0.4, 0.5) is 0 Å². The molecule has 4 heteroatoms. The predicted octanol–water partition coefficient (Wildman–Crippen LogP) is 1.86. The van der Waals surface area contributed by atoms with Gasteiger partial charge in [-0.15, -0.1) is 0 Å². The molecule has 0 bridgehead atoms. The second-order valence-corrected chi connectivity index (χ2v) is 3.88. The van der Waals surface area contributed by atoms with Crippen LogP contribution in [-0.4, -0.2) is 31.8 Å². The van der Waals surface area contributed by atoms with Crippen molar-refractivity contribution >= 4 is 5.97 Å². The summed E-state index contributed by atoms with van der Waals surface area (Å²) in [4.78, 5) is 11.3. The molecule has 16 heavy (non-hydrogen) atoms. The van der Waals surface area contributed by atoms with Gasteiger partial charge in [0, 0.05) is 6.61 Å². The Bertz CT molecular complexity index is 174. The molecule has 0 saturated carbocycles. The van der Waals surface area contributed by atoms with Gasteiger partial charge in [-0.2, -0.15) is 0 Å². The molecule has 4 nitrogen and oxygen atoms in total. The summed E-state index contributed by atoms with van der Waals surface area (Å²) >= 11 is 0. The van der Waals surface area contributed by atoms with E-state index in [0.29, 0.717) is 19.6 Å². The van der Waals surface area contributed by atoms with E-state index in [1.54, 1.807) is 0 Å². The van der Waals surface area contributed by atoms with Crippen molar-refractivity contribution in [1.29, 1.82) is 0 Å². The van der Waals surface area contributed by atoms with Crippen LogP contribution < -0.4 is 5.73 Å². The van der Waals surface area contributed by atoms with E-state index in [2.05, 4.69) is 13.8 Å². The number of esters is 1. The maximum Gasteiger partial charge on any atom is 0.322 e. The molecule has 0 aromatic heterocycles. The zero-order valence-electron chi connectivity index (χ0n) is 10.5. The van der Waals surface area contributed by atoms with Crippen LogP contribution >= 0.6 is 0 Å². The van der Waals surface area contributed by atoms with Gasteiger partial charge in [0.2, 0.25) is 0 Å². The van der Waals surface area contributed by atoms with Crippen molar-refractivity contribution in [2.24, 2.45) is 5.73 Å². The largest absolute Gasteiger partial charge is 0.462 e. The molecular formula is C12H25NO3. The molecule has 0 spiro atoms. The summed E-state index contributed by atoms with van der Waals surface area (Å²) in [6.45, 7) is 5.68. The molecule has 0 amide bonds. The molecule has 0 aromatic carbocycles. The molecular weight excluding hydrogens is 206 g/mol. The molecule has 96 valence electrons. The van der Waals surface area contributed by atoms with Crippen LogP contribution in [0.25, 0.3) is 0 Å². The number of hydrogen-bond acceptors (Lipinski definition) is 4. The third-order valence-corrected chi connectivity index (χ3v) is 2.29. The Labute approximate surface area is 98.5 Å². The molecule has 0 fully saturated rings. The first-order valence-corrected chi connectivity index (χ1v) is 6.22. The monoisotopic (exact) mass is 231 g/mol. The topological polar surface area (TPSA) is 61.5 Å². The lowest BCUT2D eigenvalue weighted by atomic mass is 10.1. The second-order valence-electron chi connectivity index (χ2n) is 3.88. The molecule has 0 aromatic rings. The summed E-state index contributed by atoms with van der Waals surface area (Å²) in [7, 11) is 0. The maximum absolute atomic E-state index is 11.3. The molecule has 0 radical (unpaired) electrons. The fourth-order valence-electron chi connectivity index (χ4n) is 1.20. The van der Waals surface area contributed by atoms with Gasteiger partial charge < -0.3 is 15.2 Å². The molecule has 0 saturated heterocycles. The summed E-state index contributed by atoms with van der Waals surface area (Å²) in [5.74, 6) is -0.312. The minimum absolute atomic E-state index is 0.308. The number of rotatable bonds is 10. The lowest BCUT2D eigenvalue weighted by Gasteiger charge is -2.10. The van der Waals surface area contributed by atoms with Crippen molar-refractivity contribution in [2.75, 3.05) is 19.8 Å². The van der Waals surface area contributed by atoms with E-state index in [0.717, 1.165) is 32.3 Å². The molecule has 0 unspecified atom stereocenters. The number of hydrogen-bond donors (Lipinski definition) is 1. The van der Waals surface area contributed by atoms with Crippen molar-refractivity contribution in [1.82, 2.24) is 0 Å². The van der Waals surface area contributed by atoms with Gasteiger partial charge in [0.1, 0.15) is 12.6 Å². The summed E-state index contributed by atoms with van der Waals surface area (Å²) in [5.41, 5.74) is 5.65. The van der Waals surface area contributed by atoms with Crippen molar-refractivity contribution < 1.29 is 14.3 Å². The van der Waals surface area contributed by atoms with Crippen LogP contribution in [0.1, 0.15) is 46.0 Å².